The molecule has 1 aromatic carbocycles. The highest BCUT2D eigenvalue weighted by molar-refractivity contribution is 5.96. The fourth-order valence-corrected chi connectivity index (χ4v) is 3.49. The second-order valence-electron chi connectivity index (χ2n) is 6.96. The normalized spacial score (nSPS) is 25.2. The highest BCUT2D eigenvalue weighted by atomic mass is 16.5. The summed E-state index contributed by atoms with van der Waals surface area (Å²) in [6.45, 7) is 8.82. The lowest BCUT2D eigenvalue weighted by Gasteiger charge is -2.38. The van der Waals surface area contributed by atoms with Crippen LogP contribution >= 0.6 is 0 Å². The van der Waals surface area contributed by atoms with E-state index in [1.54, 1.807) is 0 Å². The molecule has 20 heavy (non-hydrogen) atoms. The van der Waals surface area contributed by atoms with Crippen molar-refractivity contribution in [2.75, 3.05) is 0 Å². The predicted molar refractivity (Wildman–Crippen MR) is 82.3 cm³/mol. The molecule has 0 aromatic heterocycles. The number of ether oxygens (including phenoxy) is 1. The summed E-state index contributed by atoms with van der Waals surface area (Å²) in [6, 6.07) is 7.62. The molecule has 0 saturated heterocycles. The first-order valence-electron chi connectivity index (χ1n) is 7.69. The first-order chi connectivity index (χ1) is 9.39. The minimum absolute atomic E-state index is 0.174. The van der Waals surface area contributed by atoms with E-state index in [-0.39, 0.29) is 11.9 Å². The minimum atomic E-state index is 0.174. The van der Waals surface area contributed by atoms with E-state index in [1.807, 2.05) is 31.2 Å². The third-order valence-electron chi connectivity index (χ3n) is 4.13. The standard InChI is InChI=1S/C18H26O2/c1-5-17(19)14-7-6-8-15(10-14)20-16-9-13(2)11-18(3,4)12-16/h6-8,10,13,16H,5,9,11-12H2,1-4H3. The number of hydrogen-bond donors (Lipinski definition) is 0. The number of hydrogen-bond acceptors (Lipinski definition) is 2. The van der Waals surface area contributed by atoms with Crippen molar-refractivity contribution in [2.24, 2.45) is 11.3 Å². The Morgan fingerprint density at radius 3 is 2.75 bits per heavy atom. The molecule has 1 aliphatic carbocycles. The van der Waals surface area contributed by atoms with Crippen LogP contribution in [0.25, 0.3) is 0 Å². The topological polar surface area (TPSA) is 26.3 Å². The van der Waals surface area contributed by atoms with E-state index >= 15 is 0 Å². The molecule has 0 spiro atoms. The van der Waals surface area contributed by atoms with Gasteiger partial charge in [0.05, 0.1) is 6.10 Å². The van der Waals surface area contributed by atoms with Crippen molar-refractivity contribution in [2.45, 2.75) is 59.5 Å². The van der Waals surface area contributed by atoms with E-state index in [4.69, 9.17) is 4.74 Å². The second-order valence-corrected chi connectivity index (χ2v) is 6.96. The molecule has 1 fully saturated rings. The van der Waals surface area contributed by atoms with Gasteiger partial charge in [0.25, 0.3) is 0 Å². The molecule has 2 unspecified atom stereocenters. The smallest absolute Gasteiger partial charge is 0.162 e. The Morgan fingerprint density at radius 2 is 2.10 bits per heavy atom. The third kappa shape index (κ3) is 3.84. The third-order valence-corrected chi connectivity index (χ3v) is 4.13. The largest absolute Gasteiger partial charge is 0.490 e. The first-order valence-corrected chi connectivity index (χ1v) is 7.69. The molecule has 1 aliphatic rings. The van der Waals surface area contributed by atoms with Gasteiger partial charge in [0.15, 0.2) is 5.78 Å². The molecule has 0 heterocycles. The van der Waals surface area contributed by atoms with Gasteiger partial charge in [-0.15, -0.1) is 0 Å². The molecule has 0 bridgehead atoms. The van der Waals surface area contributed by atoms with E-state index in [0.29, 0.717) is 17.8 Å². The van der Waals surface area contributed by atoms with Crippen LogP contribution in [0.2, 0.25) is 0 Å². The molecule has 1 aromatic rings. The van der Waals surface area contributed by atoms with Gasteiger partial charge in [-0.05, 0) is 42.7 Å². The molecule has 2 rings (SSSR count). The number of ketones is 1. The Morgan fingerprint density at radius 1 is 1.35 bits per heavy atom. The number of benzene rings is 1. The molecule has 2 atom stereocenters. The summed E-state index contributed by atoms with van der Waals surface area (Å²) in [7, 11) is 0. The molecule has 2 nitrogen and oxygen atoms in total. The van der Waals surface area contributed by atoms with Crippen molar-refractivity contribution in [3.05, 3.63) is 29.8 Å². The van der Waals surface area contributed by atoms with Gasteiger partial charge in [0.1, 0.15) is 5.75 Å². The fourth-order valence-electron chi connectivity index (χ4n) is 3.49. The Labute approximate surface area is 122 Å². The number of Topliss-reactive ketones (excluding diaryl/α,β-unsaturated/α-hetero) is 1. The van der Waals surface area contributed by atoms with Crippen LogP contribution in [0, 0.1) is 11.3 Å². The lowest BCUT2D eigenvalue weighted by molar-refractivity contribution is 0.0561. The zero-order chi connectivity index (χ0) is 14.8. The van der Waals surface area contributed by atoms with Gasteiger partial charge < -0.3 is 4.74 Å². The minimum Gasteiger partial charge on any atom is -0.490 e. The fraction of sp³-hybridized carbons (Fsp3) is 0.611. The molecule has 110 valence electrons. The molecule has 0 aliphatic heterocycles. The van der Waals surface area contributed by atoms with E-state index in [0.717, 1.165) is 24.2 Å². The summed E-state index contributed by atoms with van der Waals surface area (Å²) in [4.78, 5) is 11.8. The number of carbonyl (C=O) groups excluding carboxylic acids is 1. The van der Waals surface area contributed by atoms with Crippen LogP contribution in [0.3, 0.4) is 0 Å². The number of carbonyl (C=O) groups is 1. The Bertz CT molecular complexity index is 476. The van der Waals surface area contributed by atoms with Crippen molar-refractivity contribution >= 4 is 5.78 Å². The molecular formula is C18H26O2. The van der Waals surface area contributed by atoms with Gasteiger partial charge in [-0.25, -0.2) is 0 Å². The maximum atomic E-state index is 11.8. The van der Waals surface area contributed by atoms with Gasteiger partial charge >= 0.3 is 0 Å². The monoisotopic (exact) mass is 274 g/mol. The van der Waals surface area contributed by atoms with Crippen LogP contribution in [0.4, 0.5) is 0 Å². The average molecular weight is 274 g/mol. The Hall–Kier alpha value is -1.31. The van der Waals surface area contributed by atoms with Crippen molar-refractivity contribution in [1.82, 2.24) is 0 Å². The highest BCUT2D eigenvalue weighted by Crippen LogP contribution is 2.40. The average Bonchev–Trinajstić information content (AvgIpc) is 2.35. The Kier molecular flexibility index (Phi) is 4.52. The van der Waals surface area contributed by atoms with Crippen molar-refractivity contribution in [3.8, 4) is 5.75 Å². The van der Waals surface area contributed by atoms with Gasteiger partial charge in [0.2, 0.25) is 0 Å². The summed E-state index contributed by atoms with van der Waals surface area (Å²) >= 11 is 0. The quantitative estimate of drug-likeness (QED) is 0.732. The summed E-state index contributed by atoms with van der Waals surface area (Å²) in [5.41, 5.74) is 1.10. The first kappa shape index (κ1) is 15.1. The van der Waals surface area contributed by atoms with Crippen LogP contribution in [0.1, 0.15) is 63.7 Å². The van der Waals surface area contributed by atoms with Crippen molar-refractivity contribution in [3.63, 3.8) is 0 Å². The van der Waals surface area contributed by atoms with Crippen molar-refractivity contribution in [1.29, 1.82) is 0 Å². The zero-order valence-corrected chi connectivity index (χ0v) is 13.1. The second kappa shape index (κ2) is 5.99. The molecule has 0 amide bonds. The van der Waals surface area contributed by atoms with E-state index in [2.05, 4.69) is 20.8 Å². The predicted octanol–water partition coefficient (Wildman–Crippen LogP) is 4.87. The van der Waals surface area contributed by atoms with Crippen LogP contribution in [0.15, 0.2) is 24.3 Å². The molecule has 0 radical (unpaired) electrons. The van der Waals surface area contributed by atoms with E-state index in [9.17, 15) is 4.79 Å². The lowest BCUT2D eigenvalue weighted by atomic mass is 9.71. The summed E-state index contributed by atoms with van der Waals surface area (Å²) < 4.78 is 6.14. The van der Waals surface area contributed by atoms with E-state index in [1.165, 1.54) is 6.42 Å². The Balaban J connectivity index is 2.08. The summed E-state index contributed by atoms with van der Waals surface area (Å²) in [6.07, 6.45) is 4.26. The van der Waals surface area contributed by atoms with E-state index < -0.39 is 0 Å². The van der Waals surface area contributed by atoms with Crippen LogP contribution in [-0.2, 0) is 0 Å². The van der Waals surface area contributed by atoms with Gasteiger partial charge in [-0.2, -0.15) is 0 Å². The molecular weight excluding hydrogens is 248 g/mol. The highest BCUT2D eigenvalue weighted by Gasteiger charge is 2.33. The molecule has 2 heteroatoms. The summed E-state index contributed by atoms with van der Waals surface area (Å²) in [5, 5.41) is 0. The van der Waals surface area contributed by atoms with Gasteiger partial charge in [0, 0.05) is 12.0 Å². The zero-order valence-electron chi connectivity index (χ0n) is 13.1. The molecule has 1 saturated carbocycles. The lowest BCUT2D eigenvalue weighted by Crippen LogP contribution is -2.34. The molecule has 0 N–H and O–H groups in total. The van der Waals surface area contributed by atoms with Crippen molar-refractivity contribution < 1.29 is 9.53 Å². The summed E-state index contributed by atoms with van der Waals surface area (Å²) in [5.74, 6) is 1.70. The van der Waals surface area contributed by atoms with Gasteiger partial charge in [-0.1, -0.05) is 39.8 Å². The van der Waals surface area contributed by atoms with Gasteiger partial charge in [-0.3, -0.25) is 4.79 Å². The SMILES string of the molecule is CCC(=O)c1cccc(OC2CC(C)CC(C)(C)C2)c1. The number of rotatable bonds is 4. The van der Waals surface area contributed by atoms with Crippen LogP contribution < -0.4 is 4.74 Å². The van der Waals surface area contributed by atoms with Crippen LogP contribution in [-0.4, -0.2) is 11.9 Å². The maximum absolute atomic E-state index is 11.8. The maximum Gasteiger partial charge on any atom is 0.162 e. The van der Waals surface area contributed by atoms with Crippen LogP contribution in [0.5, 0.6) is 5.75 Å².